The number of halogens is 6. The Morgan fingerprint density at radius 3 is 2.21 bits per heavy atom. The third-order valence-corrected chi connectivity index (χ3v) is 6.72. The first kappa shape index (κ1) is 27.5. The van der Waals surface area contributed by atoms with Crippen molar-refractivity contribution in [3.8, 4) is 0 Å². The number of amides is 1. The molecule has 0 spiro atoms. The fourth-order valence-electron chi connectivity index (χ4n) is 4.18. The van der Waals surface area contributed by atoms with Gasteiger partial charge in [0, 0.05) is 18.9 Å². The fourth-order valence-corrected chi connectivity index (χ4v) is 4.75. The van der Waals surface area contributed by atoms with Gasteiger partial charge in [0.2, 0.25) is 0 Å². The Hall–Kier alpha value is -3.51. The van der Waals surface area contributed by atoms with Crippen molar-refractivity contribution in [1.29, 1.82) is 0 Å². The average molecular weight is 573 g/mol. The van der Waals surface area contributed by atoms with Crippen molar-refractivity contribution in [2.24, 2.45) is 5.92 Å². The van der Waals surface area contributed by atoms with Crippen LogP contribution in [0.4, 0.5) is 17.6 Å². The molecule has 38 heavy (non-hydrogen) atoms. The Morgan fingerprint density at radius 2 is 1.66 bits per heavy atom. The number of carbonyl (C=O) groups is 3. The van der Waals surface area contributed by atoms with Crippen molar-refractivity contribution in [2.45, 2.75) is 31.6 Å². The summed E-state index contributed by atoms with van der Waals surface area (Å²) in [5, 5.41) is 12.6. The number of carboxylic acids is 1. The van der Waals surface area contributed by atoms with Crippen LogP contribution in [0.25, 0.3) is 0 Å². The van der Waals surface area contributed by atoms with E-state index in [0.29, 0.717) is 10.2 Å². The lowest BCUT2D eigenvalue weighted by Gasteiger charge is -2.33. The van der Waals surface area contributed by atoms with Crippen molar-refractivity contribution in [3.63, 3.8) is 0 Å². The summed E-state index contributed by atoms with van der Waals surface area (Å²) in [4.78, 5) is 42.3. The van der Waals surface area contributed by atoms with Gasteiger partial charge in [0.1, 0.15) is 5.82 Å². The maximum absolute atomic E-state index is 14.1. The number of aromatic nitrogens is 3. The lowest BCUT2D eigenvalue weighted by atomic mass is 9.80. The largest absolute Gasteiger partial charge is 0.481 e. The Bertz CT molecular complexity index is 1370. The third kappa shape index (κ3) is 5.65. The molecule has 200 valence electrons. The molecule has 1 amide bonds. The number of benzene rings is 1. The molecular weight excluding hydrogens is 555 g/mol. The molecule has 1 fully saturated rings. The molecule has 8 nitrogen and oxygen atoms in total. The van der Waals surface area contributed by atoms with Crippen LogP contribution in [0.15, 0.2) is 42.9 Å². The number of hydrogen-bond acceptors (Lipinski definition) is 5. The molecule has 14 heteroatoms. The smallest absolute Gasteiger partial charge is 0.433 e. The Kier molecular flexibility index (Phi) is 7.75. The molecular formula is C24H18Cl2F4N4O4. The van der Waals surface area contributed by atoms with Gasteiger partial charge < -0.3 is 10.0 Å². The molecule has 0 bridgehead atoms. The number of hydrogen-bond donors (Lipinski definition) is 1. The zero-order valence-corrected chi connectivity index (χ0v) is 20.8. The number of carboxylic acid groups (broad SMARTS) is 1. The number of nitrogens with zero attached hydrogens (tertiary/aromatic N) is 4. The second-order valence-corrected chi connectivity index (χ2v) is 9.51. The van der Waals surface area contributed by atoms with Gasteiger partial charge in [0.05, 0.1) is 45.9 Å². The van der Waals surface area contributed by atoms with Gasteiger partial charge in [-0.15, -0.1) is 0 Å². The number of Topliss-reactive ketones (excluding diaryl/α,β-unsaturated/α-hetero) is 1. The molecule has 2 aromatic heterocycles. The van der Waals surface area contributed by atoms with E-state index in [1.165, 1.54) is 12.1 Å². The molecule has 0 saturated heterocycles. The van der Waals surface area contributed by atoms with Gasteiger partial charge in [0.25, 0.3) is 5.91 Å². The average Bonchev–Trinajstić information content (AvgIpc) is 3.23. The van der Waals surface area contributed by atoms with Crippen LogP contribution < -0.4 is 0 Å². The molecule has 0 atom stereocenters. The van der Waals surface area contributed by atoms with Crippen molar-refractivity contribution >= 4 is 40.9 Å². The van der Waals surface area contributed by atoms with E-state index in [0.717, 1.165) is 35.6 Å². The number of pyridine rings is 1. The second kappa shape index (κ2) is 10.7. The minimum Gasteiger partial charge on any atom is -0.481 e. The van der Waals surface area contributed by atoms with Crippen LogP contribution >= 0.6 is 23.2 Å². The molecule has 3 aromatic rings. The summed E-state index contributed by atoms with van der Waals surface area (Å²) in [6, 6.07) is 3.98. The first-order valence-electron chi connectivity index (χ1n) is 11.1. The van der Waals surface area contributed by atoms with E-state index in [4.69, 9.17) is 28.3 Å². The molecule has 0 radical (unpaired) electrons. The summed E-state index contributed by atoms with van der Waals surface area (Å²) in [7, 11) is 0. The summed E-state index contributed by atoms with van der Waals surface area (Å²) in [6.45, 7) is -1.06. The zero-order chi connectivity index (χ0) is 27.8. The van der Waals surface area contributed by atoms with Gasteiger partial charge in [-0.2, -0.15) is 18.3 Å². The highest BCUT2D eigenvalue weighted by atomic mass is 35.5. The second-order valence-electron chi connectivity index (χ2n) is 8.70. The standard InChI is InChI=1S/C24H18Cl2F4N4O4/c25-17-8-31-9-18(26)20(17)19(35)11-33(10-12-1-3-14(27)4-2-12)22(36)16-7-32-34(21(16)24(28,29)30)15-5-13(6-15)23(37)38/h1-4,7-9,13,15H,5-6,10-11H2,(H,37,38). The number of carbonyl (C=O) groups excluding carboxylic acids is 2. The van der Waals surface area contributed by atoms with E-state index < -0.39 is 59.4 Å². The van der Waals surface area contributed by atoms with Gasteiger partial charge in [-0.1, -0.05) is 35.3 Å². The number of ketones is 1. The maximum Gasteiger partial charge on any atom is 0.433 e. The van der Waals surface area contributed by atoms with E-state index in [1.807, 2.05) is 0 Å². The van der Waals surface area contributed by atoms with Crippen molar-refractivity contribution < 1.29 is 37.1 Å². The molecule has 0 aliphatic heterocycles. The van der Waals surface area contributed by atoms with E-state index in [1.54, 1.807) is 0 Å². The molecule has 1 aliphatic rings. The minimum atomic E-state index is -5.01. The van der Waals surface area contributed by atoms with Gasteiger partial charge in [-0.25, -0.2) is 4.39 Å². The topological polar surface area (TPSA) is 105 Å². The van der Waals surface area contributed by atoms with Crippen LogP contribution in [0, 0.1) is 11.7 Å². The quantitative estimate of drug-likeness (QED) is 0.290. The Morgan fingerprint density at radius 1 is 1.05 bits per heavy atom. The summed E-state index contributed by atoms with van der Waals surface area (Å²) >= 11 is 12.1. The third-order valence-electron chi connectivity index (χ3n) is 6.14. The number of alkyl halides is 3. The zero-order valence-electron chi connectivity index (χ0n) is 19.3. The molecule has 4 rings (SSSR count). The van der Waals surface area contributed by atoms with E-state index in [2.05, 4.69) is 10.1 Å². The van der Waals surface area contributed by atoms with Crippen LogP contribution in [-0.2, 0) is 17.5 Å². The lowest BCUT2D eigenvalue weighted by Crippen LogP contribution is -2.38. The van der Waals surface area contributed by atoms with Gasteiger partial charge in [0.15, 0.2) is 11.5 Å². The van der Waals surface area contributed by atoms with Gasteiger partial charge >= 0.3 is 12.1 Å². The monoisotopic (exact) mass is 572 g/mol. The molecule has 1 aromatic carbocycles. The summed E-state index contributed by atoms with van der Waals surface area (Å²) < 4.78 is 56.5. The normalized spacial score (nSPS) is 17.1. The van der Waals surface area contributed by atoms with E-state index >= 15 is 0 Å². The van der Waals surface area contributed by atoms with Crippen LogP contribution in [0.5, 0.6) is 0 Å². The number of rotatable bonds is 8. The molecule has 0 unspecified atom stereocenters. The minimum absolute atomic E-state index is 0.0788. The molecule has 1 aliphatic carbocycles. The Labute approximate surface area is 222 Å². The van der Waals surface area contributed by atoms with Crippen molar-refractivity contribution in [1.82, 2.24) is 19.7 Å². The van der Waals surface area contributed by atoms with Crippen LogP contribution in [0.1, 0.15) is 50.9 Å². The SMILES string of the molecule is O=C(CN(Cc1ccc(F)cc1)C(=O)c1cnn(C2CC(C(=O)O)C2)c1C(F)(F)F)c1c(Cl)cncc1Cl. The van der Waals surface area contributed by atoms with Crippen molar-refractivity contribution in [3.05, 3.63) is 81.1 Å². The molecule has 1 saturated carbocycles. The van der Waals surface area contributed by atoms with Gasteiger partial charge in [-0.3, -0.25) is 24.0 Å². The summed E-state index contributed by atoms with van der Waals surface area (Å²) in [5.74, 6) is -4.44. The predicted molar refractivity (Wildman–Crippen MR) is 126 cm³/mol. The summed E-state index contributed by atoms with van der Waals surface area (Å²) in [5.41, 5.74) is -2.00. The summed E-state index contributed by atoms with van der Waals surface area (Å²) in [6.07, 6.45) is -2.12. The highest BCUT2D eigenvalue weighted by Gasteiger charge is 2.46. The lowest BCUT2D eigenvalue weighted by molar-refractivity contribution is -0.150. The van der Waals surface area contributed by atoms with Crippen LogP contribution in [0.2, 0.25) is 10.0 Å². The highest BCUT2D eigenvalue weighted by molar-refractivity contribution is 6.39. The maximum atomic E-state index is 14.1. The van der Waals surface area contributed by atoms with Crippen LogP contribution in [0.3, 0.4) is 0 Å². The predicted octanol–water partition coefficient (Wildman–Crippen LogP) is 5.30. The van der Waals surface area contributed by atoms with Gasteiger partial charge in [-0.05, 0) is 30.5 Å². The molecule has 1 N–H and O–H groups in total. The first-order chi connectivity index (χ1) is 17.9. The fraction of sp³-hybridized carbons (Fsp3) is 0.292. The molecule has 2 heterocycles. The first-order valence-corrected chi connectivity index (χ1v) is 11.9. The van der Waals surface area contributed by atoms with Crippen molar-refractivity contribution in [2.75, 3.05) is 6.54 Å². The highest BCUT2D eigenvalue weighted by Crippen LogP contribution is 2.42. The van der Waals surface area contributed by atoms with E-state index in [-0.39, 0.29) is 35.0 Å². The Balaban J connectivity index is 1.70. The number of aliphatic carboxylic acids is 1. The van der Waals surface area contributed by atoms with E-state index in [9.17, 15) is 31.9 Å². The van der Waals surface area contributed by atoms with Crippen LogP contribution in [-0.4, -0.2) is 49.0 Å².